The first kappa shape index (κ1) is 45.0. The molecule has 294 valence electrons. The fourth-order valence-electron chi connectivity index (χ4n) is 6.28. The average molecular weight is 725 g/mol. The molecule has 0 aromatic heterocycles. The van der Waals surface area contributed by atoms with Gasteiger partial charge in [0.25, 0.3) is 0 Å². The molecule has 0 bridgehead atoms. The SMILES string of the molecule is CCCCCCN(CCCOc1cccc(-c2cccc(OCCCN(CCCCCC)C(=O)[C@@H](N)CCCCN)c2)c1)C(=O)[C@@H](N)CCCCN. The number of nitrogens with zero attached hydrogens (tertiary/aromatic N) is 2. The van der Waals surface area contributed by atoms with Gasteiger partial charge in [0.2, 0.25) is 11.8 Å². The van der Waals surface area contributed by atoms with Gasteiger partial charge >= 0.3 is 0 Å². The molecule has 52 heavy (non-hydrogen) atoms. The summed E-state index contributed by atoms with van der Waals surface area (Å²) in [4.78, 5) is 30.2. The predicted octanol–water partition coefficient (Wildman–Crippen LogP) is 6.62. The highest BCUT2D eigenvalue weighted by atomic mass is 16.5. The van der Waals surface area contributed by atoms with Crippen LogP contribution in [0.3, 0.4) is 0 Å². The van der Waals surface area contributed by atoms with Gasteiger partial charge < -0.3 is 42.2 Å². The van der Waals surface area contributed by atoms with E-state index in [1.807, 2.05) is 46.2 Å². The van der Waals surface area contributed by atoms with E-state index in [-0.39, 0.29) is 11.8 Å². The van der Waals surface area contributed by atoms with Crippen molar-refractivity contribution in [3.05, 3.63) is 48.5 Å². The molecule has 0 fully saturated rings. The van der Waals surface area contributed by atoms with Crippen molar-refractivity contribution in [3.8, 4) is 22.6 Å². The summed E-state index contributed by atoms with van der Waals surface area (Å²) in [5.41, 5.74) is 25.9. The summed E-state index contributed by atoms with van der Waals surface area (Å²) in [6, 6.07) is 15.2. The second-order valence-electron chi connectivity index (χ2n) is 14.0. The number of nitrogens with two attached hydrogens (primary N) is 4. The number of carbonyl (C=O) groups is 2. The van der Waals surface area contributed by atoms with E-state index in [0.29, 0.717) is 52.2 Å². The van der Waals surface area contributed by atoms with Gasteiger partial charge in [-0.2, -0.15) is 0 Å². The topological polar surface area (TPSA) is 163 Å². The van der Waals surface area contributed by atoms with Gasteiger partial charge in [-0.25, -0.2) is 0 Å². The molecule has 0 unspecified atom stereocenters. The molecule has 0 radical (unpaired) electrons. The van der Waals surface area contributed by atoms with E-state index in [1.54, 1.807) is 0 Å². The maximum Gasteiger partial charge on any atom is 0.239 e. The zero-order valence-electron chi connectivity index (χ0n) is 32.6. The summed E-state index contributed by atoms with van der Waals surface area (Å²) in [7, 11) is 0. The van der Waals surface area contributed by atoms with Gasteiger partial charge in [0.05, 0.1) is 25.3 Å². The summed E-state index contributed by atoms with van der Waals surface area (Å²) in [5.74, 6) is 1.63. The number of unbranched alkanes of at least 4 members (excludes halogenated alkanes) is 8. The Labute approximate surface area is 315 Å². The van der Waals surface area contributed by atoms with Crippen LogP contribution in [0.15, 0.2) is 48.5 Å². The van der Waals surface area contributed by atoms with Crippen molar-refractivity contribution in [3.63, 3.8) is 0 Å². The van der Waals surface area contributed by atoms with Crippen molar-refractivity contribution >= 4 is 11.8 Å². The van der Waals surface area contributed by atoms with Crippen LogP contribution in [-0.4, -0.2) is 86.2 Å². The van der Waals surface area contributed by atoms with Crippen molar-refractivity contribution in [1.29, 1.82) is 0 Å². The predicted molar refractivity (Wildman–Crippen MR) is 215 cm³/mol. The molecule has 0 aliphatic heterocycles. The van der Waals surface area contributed by atoms with Crippen molar-refractivity contribution in [2.45, 2.75) is 129 Å². The number of carbonyl (C=O) groups excluding carboxylic acids is 2. The summed E-state index contributed by atoms with van der Waals surface area (Å²) in [5, 5.41) is 0. The van der Waals surface area contributed by atoms with Gasteiger partial charge in [0.1, 0.15) is 11.5 Å². The number of rotatable bonds is 31. The second kappa shape index (κ2) is 28.3. The molecular weight excluding hydrogens is 652 g/mol. The van der Waals surface area contributed by atoms with Crippen LogP contribution in [0.1, 0.15) is 117 Å². The maximum absolute atomic E-state index is 13.2. The van der Waals surface area contributed by atoms with Crippen molar-refractivity contribution in [2.75, 3.05) is 52.5 Å². The molecule has 2 amide bonds. The molecule has 2 aromatic carbocycles. The minimum absolute atomic E-state index is 0.0316. The fraction of sp³-hybridized carbons (Fsp3) is 0.667. The van der Waals surface area contributed by atoms with E-state index in [2.05, 4.69) is 26.0 Å². The number of ether oxygens (including phenoxy) is 2. The third-order valence-corrected chi connectivity index (χ3v) is 9.44. The van der Waals surface area contributed by atoms with E-state index in [0.717, 1.165) is 113 Å². The molecule has 0 saturated heterocycles. The van der Waals surface area contributed by atoms with E-state index < -0.39 is 12.1 Å². The Morgan fingerprint density at radius 1 is 0.558 bits per heavy atom. The van der Waals surface area contributed by atoms with Crippen LogP contribution >= 0.6 is 0 Å². The smallest absolute Gasteiger partial charge is 0.239 e. The van der Waals surface area contributed by atoms with Crippen molar-refractivity contribution < 1.29 is 19.1 Å². The van der Waals surface area contributed by atoms with Crippen LogP contribution in [0.25, 0.3) is 11.1 Å². The molecule has 0 heterocycles. The van der Waals surface area contributed by atoms with Crippen molar-refractivity contribution in [2.24, 2.45) is 22.9 Å². The summed E-state index contributed by atoms with van der Waals surface area (Å²) >= 11 is 0. The lowest BCUT2D eigenvalue weighted by Crippen LogP contribution is -2.45. The minimum Gasteiger partial charge on any atom is -0.494 e. The van der Waals surface area contributed by atoms with Crippen LogP contribution < -0.4 is 32.4 Å². The molecule has 2 atom stereocenters. The van der Waals surface area contributed by atoms with Crippen LogP contribution in [0, 0.1) is 0 Å². The van der Waals surface area contributed by atoms with Crippen LogP contribution in [0.5, 0.6) is 11.5 Å². The Hall–Kier alpha value is -3.18. The normalized spacial score (nSPS) is 12.3. The Balaban J connectivity index is 1.91. The highest BCUT2D eigenvalue weighted by Crippen LogP contribution is 2.27. The largest absolute Gasteiger partial charge is 0.494 e. The van der Waals surface area contributed by atoms with E-state index >= 15 is 0 Å². The van der Waals surface area contributed by atoms with E-state index in [1.165, 1.54) is 12.8 Å². The Bertz CT molecular complexity index is 1140. The number of benzene rings is 2. The van der Waals surface area contributed by atoms with Gasteiger partial charge in [0.15, 0.2) is 0 Å². The molecule has 0 spiro atoms. The molecule has 2 aromatic rings. The molecule has 0 saturated carbocycles. The second-order valence-corrected chi connectivity index (χ2v) is 14.0. The molecule has 10 heteroatoms. The highest BCUT2D eigenvalue weighted by molar-refractivity contribution is 5.82. The zero-order valence-corrected chi connectivity index (χ0v) is 32.6. The summed E-state index contributed by atoms with van der Waals surface area (Å²) in [6.07, 6.45) is 15.2. The Morgan fingerprint density at radius 2 is 0.962 bits per heavy atom. The Kier molecular flexibility index (Phi) is 24.5. The molecular formula is C42H72N6O4. The summed E-state index contributed by atoms with van der Waals surface area (Å²) in [6.45, 7) is 9.35. The van der Waals surface area contributed by atoms with Crippen LogP contribution in [-0.2, 0) is 9.59 Å². The van der Waals surface area contributed by atoms with E-state index in [4.69, 9.17) is 32.4 Å². The average Bonchev–Trinajstić information content (AvgIpc) is 3.16. The molecule has 8 N–H and O–H groups in total. The molecule has 0 aliphatic carbocycles. The molecule has 10 nitrogen and oxygen atoms in total. The van der Waals surface area contributed by atoms with Crippen LogP contribution in [0.4, 0.5) is 0 Å². The standard InChI is InChI=1S/C42H72N6O4/c1-3-5-7-13-27-47(41(49)39(45)23-9-11-25-43)29-17-31-51-37-21-15-19-35(33-37)36-20-16-22-38(34-36)52-32-18-30-48(28-14-8-6-4-2)42(50)40(46)24-10-12-26-44/h15-16,19-22,33-34,39-40H,3-14,17-18,23-32,43-46H2,1-2H3/t39-,40-/m0/s1. The maximum atomic E-state index is 13.2. The van der Waals surface area contributed by atoms with Gasteiger partial charge in [-0.05, 0) is 99.8 Å². The lowest BCUT2D eigenvalue weighted by Gasteiger charge is -2.26. The lowest BCUT2D eigenvalue weighted by molar-refractivity contribution is -0.133. The molecule has 0 aliphatic rings. The summed E-state index contributed by atoms with van der Waals surface area (Å²) < 4.78 is 12.3. The van der Waals surface area contributed by atoms with Gasteiger partial charge in [-0.15, -0.1) is 0 Å². The first-order valence-corrected chi connectivity index (χ1v) is 20.3. The number of amides is 2. The monoisotopic (exact) mass is 725 g/mol. The van der Waals surface area contributed by atoms with E-state index in [9.17, 15) is 9.59 Å². The van der Waals surface area contributed by atoms with Crippen molar-refractivity contribution in [1.82, 2.24) is 9.80 Å². The minimum atomic E-state index is -0.477. The third kappa shape index (κ3) is 18.5. The first-order chi connectivity index (χ1) is 25.3. The zero-order chi connectivity index (χ0) is 37.8. The highest BCUT2D eigenvalue weighted by Gasteiger charge is 2.21. The quantitative estimate of drug-likeness (QED) is 0.0631. The lowest BCUT2D eigenvalue weighted by atomic mass is 10.1. The van der Waals surface area contributed by atoms with Crippen LogP contribution in [0.2, 0.25) is 0 Å². The Morgan fingerprint density at radius 3 is 1.35 bits per heavy atom. The molecule has 2 rings (SSSR count). The fourth-order valence-corrected chi connectivity index (χ4v) is 6.28. The third-order valence-electron chi connectivity index (χ3n) is 9.44. The first-order valence-electron chi connectivity index (χ1n) is 20.3. The number of hydrogen-bond acceptors (Lipinski definition) is 8. The number of hydrogen-bond donors (Lipinski definition) is 4. The van der Waals surface area contributed by atoms with Gasteiger partial charge in [0, 0.05) is 26.2 Å². The van der Waals surface area contributed by atoms with Gasteiger partial charge in [-0.3, -0.25) is 9.59 Å². The van der Waals surface area contributed by atoms with Gasteiger partial charge in [-0.1, -0.05) is 89.5 Å².